The molecule has 0 fully saturated rings. The van der Waals surface area contributed by atoms with Crippen LogP contribution in [0.15, 0.2) is 40.0 Å². The van der Waals surface area contributed by atoms with Crippen LogP contribution >= 0.6 is 0 Å². The van der Waals surface area contributed by atoms with E-state index in [2.05, 4.69) is 20.0 Å². The van der Waals surface area contributed by atoms with Crippen molar-refractivity contribution < 1.29 is 17.6 Å². The fraction of sp³-hybridized carbons (Fsp3) is 0.312. The predicted molar refractivity (Wildman–Crippen MR) is 94.2 cm³/mol. The maximum absolute atomic E-state index is 13.9. The molecule has 3 rings (SSSR count). The van der Waals surface area contributed by atoms with Crippen molar-refractivity contribution in [3.8, 4) is 0 Å². The van der Waals surface area contributed by atoms with Gasteiger partial charge in [0.15, 0.2) is 5.78 Å². The topological polar surface area (TPSA) is 100.0 Å². The lowest BCUT2D eigenvalue weighted by Gasteiger charge is -2.17. The standard InChI is InChI=1S/C16H17FN4O3S/c1-2-5-25(23,24)21-12-7-10(6-11(17)8-12)15(22)13-9-20-16-14(13)18-3-4-19-16/h3-4,6-9,14,16,20-21H,2,5H2,1H3. The zero-order valence-corrected chi connectivity index (χ0v) is 14.3. The Morgan fingerprint density at radius 2 is 2.04 bits per heavy atom. The van der Waals surface area contributed by atoms with Crippen molar-refractivity contribution >= 4 is 33.9 Å². The molecule has 9 heteroatoms. The van der Waals surface area contributed by atoms with Crippen LogP contribution in [0.25, 0.3) is 0 Å². The van der Waals surface area contributed by atoms with Crippen LogP contribution in [0, 0.1) is 5.82 Å². The van der Waals surface area contributed by atoms with E-state index in [-0.39, 0.29) is 23.2 Å². The molecule has 132 valence electrons. The van der Waals surface area contributed by atoms with Crippen LogP contribution in [0.3, 0.4) is 0 Å². The van der Waals surface area contributed by atoms with Gasteiger partial charge in [-0.05, 0) is 24.6 Å². The number of sulfonamides is 1. The molecule has 0 saturated heterocycles. The zero-order chi connectivity index (χ0) is 18.0. The summed E-state index contributed by atoms with van der Waals surface area (Å²) >= 11 is 0. The Balaban J connectivity index is 1.86. The molecular weight excluding hydrogens is 347 g/mol. The molecule has 0 radical (unpaired) electrons. The molecule has 0 saturated carbocycles. The van der Waals surface area contributed by atoms with Gasteiger partial charge in [-0.2, -0.15) is 0 Å². The summed E-state index contributed by atoms with van der Waals surface area (Å²) in [6, 6.07) is 2.96. The molecule has 25 heavy (non-hydrogen) atoms. The van der Waals surface area contributed by atoms with Crippen molar-refractivity contribution in [1.29, 1.82) is 0 Å². The third-order valence-corrected chi connectivity index (χ3v) is 5.25. The first kappa shape index (κ1) is 17.3. The number of ketones is 1. The highest BCUT2D eigenvalue weighted by molar-refractivity contribution is 7.92. The third-order valence-electron chi connectivity index (χ3n) is 3.76. The van der Waals surface area contributed by atoms with E-state index in [1.165, 1.54) is 24.7 Å². The van der Waals surface area contributed by atoms with Gasteiger partial charge < -0.3 is 5.32 Å². The summed E-state index contributed by atoms with van der Waals surface area (Å²) in [5.41, 5.74) is 0.420. The Bertz CT molecular complexity index is 893. The first-order valence-corrected chi connectivity index (χ1v) is 9.41. The second kappa shape index (κ2) is 6.75. The highest BCUT2D eigenvalue weighted by Crippen LogP contribution is 2.25. The van der Waals surface area contributed by atoms with Crippen LogP contribution in [0.5, 0.6) is 0 Å². The molecule has 2 aliphatic heterocycles. The van der Waals surface area contributed by atoms with E-state index in [9.17, 15) is 17.6 Å². The van der Waals surface area contributed by atoms with Crippen molar-refractivity contribution in [3.05, 3.63) is 41.4 Å². The Morgan fingerprint density at radius 3 is 2.80 bits per heavy atom. The highest BCUT2D eigenvalue weighted by atomic mass is 32.2. The number of rotatable bonds is 6. The number of Topliss-reactive ketones (excluding diaryl/α,β-unsaturated/α-hetero) is 1. The van der Waals surface area contributed by atoms with Gasteiger partial charge in [-0.15, -0.1) is 0 Å². The number of hydrogen-bond acceptors (Lipinski definition) is 6. The normalized spacial score (nSPS) is 21.4. The van der Waals surface area contributed by atoms with Gasteiger partial charge in [0.25, 0.3) is 0 Å². The van der Waals surface area contributed by atoms with Gasteiger partial charge in [-0.3, -0.25) is 19.5 Å². The van der Waals surface area contributed by atoms with Gasteiger partial charge in [0, 0.05) is 29.8 Å². The van der Waals surface area contributed by atoms with Gasteiger partial charge in [-0.25, -0.2) is 12.8 Å². The van der Waals surface area contributed by atoms with Crippen molar-refractivity contribution in [2.24, 2.45) is 9.98 Å². The summed E-state index contributed by atoms with van der Waals surface area (Å²) in [6.07, 6.45) is 4.64. The number of nitrogens with zero attached hydrogens (tertiary/aromatic N) is 2. The largest absolute Gasteiger partial charge is 0.367 e. The minimum atomic E-state index is -3.58. The van der Waals surface area contributed by atoms with Crippen LogP contribution < -0.4 is 10.0 Å². The molecule has 1 aromatic rings. The van der Waals surface area contributed by atoms with Crippen molar-refractivity contribution in [2.75, 3.05) is 10.5 Å². The number of fused-ring (bicyclic) bond motifs is 1. The number of anilines is 1. The van der Waals surface area contributed by atoms with Gasteiger partial charge in [0.1, 0.15) is 18.0 Å². The maximum Gasteiger partial charge on any atom is 0.232 e. The first-order valence-electron chi connectivity index (χ1n) is 7.76. The second-order valence-corrected chi connectivity index (χ2v) is 7.57. The number of halogens is 1. The number of carbonyl (C=O) groups excluding carboxylic acids is 1. The quantitative estimate of drug-likeness (QED) is 0.747. The predicted octanol–water partition coefficient (Wildman–Crippen LogP) is 1.50. The summed E-state index contributed by atoms with van der Waals surface area (Å²) < 4.78 is 39.9. The molecule has 2 atom stereocenters. The van der Waals surface area contributed by atoms with Gasteiger partial charge in [0.05, 0.1) is 11.4 Å². The van der Waals surface area contributed by atoms with E-state index in [4.69, 9.17) is 0 Å². The van der Waals surface area contributed by atoms with E-state index in [0.717, 1.165) is 12.1 Å². The van der Waals surface area contributed by atoms with Gasteiger partial charge in [0.2, 0.25) is 10.0 Å². The van der Waals surface area contributed by atoms with E-state index < -0.39 is 27.7 Å². The summed E-state index contributed by atoms with van der Waals surface area (Å²) in [5.74, 6) is -1.21. The average Bonchev–Trinajstić information content (AvgIpc) is 2.97. The summed E-state index contributed by atoms with van der Waals surface area (Å²) in [5, 5.41) is 2.94. The molecule has 0 amide bonds. The molecular formula is C16H17FN4O3S. The van der Waals surface area contributed by atoms with E-state index in [0.29, 0.717) is 12.0 Å². The number of nitrogens with one attached hydrogen (secondary N) is 2. The first-order chi connectivity index (χ1) is 11.9. The minimum Gasteiger partial charge on any atom is -0.367 e. The molecule has 0 bridgehead atoms. The number of aliphatic imine (C=N–C) groups is 2. The summed E-state index contributed by atoms with van der Waals surface area (Å²) in [7, 11) is -3.58. The zero-order valence-electron chi connectivity index (χ0n) is 13.4. The fourth-order valence-electron chi connectivity index (χ4n) is 2.72. The van der Waals surface area contributed by atoms with Crippen molar-refractivity contribution in [2.45, 2.75) is 25.6 Å². The molecule has 2 unspecified atom stereocenters. The molecule has 0 aromatic heterocycles. The summed E-state index contributed by atoms with van der Waals surface area (Å²) in [4.78, 5) is 21.1. The second-order valence-electron chi connectivity index (χ2n) is 5.73. The third kappa shape index (κ3) is 3.76. The van der Waals surface area contributed by atoms with Crippen LogP contribution in [0.1, 0.15) is 23.7 Å². The van der Waals surface area contributed by atoms with Crippen LogP contribution in [-0.2, 0) is 10.0 Å². The lowest BCUT2D eigenvalue weighted by Crippen LogP contribution is -2.32. The van der Waals surface area contributed by atoms with Gasteiger partial charge in [-0.1, -0.05) is 6.92 Å². The van der Waals surface area contributed by atoms with Crippen LogP contribution in [0.2, 0.25) is 0 Å². The SMILES string of the molecule is CCCS(=O)(=O)Nc1cc(F)cc(C(=O)C2=CNC3N=CC=NC23)c1. The fourth-order valence-corrected chi connectivity index (χ4v) is 3.83. The molecule has 2 heterocycles. The molecule has 7 nitrogen and oxygen atoms in total. The van der Waals surface area contributed by atoms with E-state index in [1.807, 2.05) is 0 Å². The highest BCUT2D eigenvalue weighted by Gasteiger charge is 2.34. The Morgan fingerprint density at radius 1 is 1.28 bits per heavy atom. The monoisotopic (exact) mass is 364 g/mol. The molecule has 0 spiro atoms. The van der Waals surface area contributed by atoms with E-state index >= 15 is 0 Å². The Hall–Kier alpha value is -2.55. The maximum atomic E-state index is 13.9. The lowest BCUT2D eigenvalue weighted by atomic mass is 9.98. The number of carbonyl (C=O) groups is 1. The molecule has 2 N–H and O–H groups in total. The van der Waals surface area contributed by atoms with Gasteiger partial charge >= 0.3 is 0 Å². The smallest absolute Gasteiger partial charge is 0.232 e. The number of benzene rings is 1. The lowest BCUT2D eigenvalue weighted by molar-refractivity contribution is 0.102. The van der Waals surface area contributed by atoms with Crippen molar-refractivity contribution in [1.82, 2.24) is 5.32 Å². The number of hydrogen-bond donors (Lipinski definition) is 2. The Kier molecular flexibility index (Phi) is 4.67. The van der Waals surface area contributed by atoms with E-state index in [1.54, 1.807) is 6.92 Å². The minimum absolute atomic E-state index is 0.0186. The van der Waals surface area contributed by atoms with Crippen molar-refractivity contribution in [3.63, 3.8) is 0 Å². The Labute approximate surface area is 144 Å². The average molecular weight is 364 g/mol. The van der Waals surface area contributed by atoms with Crippen LogP contribution in [0.4, 0.5) is 10.1 Å². The molecule has 0 aliphatic carbocycles. The summed E-state index contributed by atoms with van der Waals surface area (Å²) in [6.45, 7) is 1.73. The van der Waals surface area contributed by atoms with Crippen LogP contribution in [-0.4, -0.2) is 44.6 Å². The molecule has 2 aliphatic rings. The molecule has 1 aromatic carbocycles.